The van der Waals surface area contributed by atoms with Crippen LogP contribution in [0.2, 0.25) is 5.02 Å². The topological polar surface area (TPSA) is 53.1 Å². The second kappa shape index (κ2) is 4.93. The summed E-state index contributed by atoms with van der Waals surface area (Å²) >= 11 is 6.03. The molecule has 0 saturated heterocycles. The summed E-state index contributed by atoms with van der Waals surface area (Å²) in [5.74, 6) is -0.483. The SMILES string of the molecule is CC(C(=O)CO)c1ccc2c(c1)[nH]c1ccc(Cl)cc12. The number of rotatable bonds is 3. The van der Waals surface area contributed by atoms with Gasteiger partial charge in [-0.05, 0) is 29.8 Å². The third-order valence-corrected chi connectivity index (χ3v) is 3.96. The van der Waals surface area contributed by atoms with E-state index in [1.54, 1.807) is 6.92 Å². The van der Waals surface area contributed by atoms with Crippen molar-refractivity contribution in [2.24, 2.45) is 0 Å². The van der Waals surface area contributed by atoms with Crippen LogP contribution in [0.25, 0.3) is 21.8 Å². The molecule has 1 heterocycles. The van der Waals surface area contributed by atoms with Gasteiger partial charge in [-0.25, -0.2) is 0 Å². The maximum atomic E-state index is 11.6. The molecule has 3 nitrogen and oxygen atoms in total. The van der Waals surface area contributed by atoms with E-state index in [-0.39, 0.29) is 11.7 Å². The van der Waals surface area contributed by atoms with E-state index >= 15 is 0 Å². The van der Waals surface area contributed by atoms with Crippen LogP contribution >= 0.6 is 11.6 Å². The van der Waals surface area contributed by atoms with Crippen molar-refractivity contribution in [2.45, 2.75) is 12.8 Å². The zero-order valence-corrected chi connectivity index (χ0v) is 11.7. The molecule has 0 amide bonds. The number of benzene rings is 2. The Balaban J connectivity index is 2.17. The number of halogens is 1. The number of aromatic nitrogens is 1. The summed E-state index contributed by atoms with van der Waals surface area (Å²) in [4.78, 5) is 14.9. The molecule has 0 radical (unpaired) electrons. The summed E-state index contributed by atoms with van der Waals surface area (Å²) in [6, 6.07) is 11.6. The zero-order valence-electron chi connectivity index (χ0n) is 11.0. The molecule has 2 N–H and O–H groups in total. The van der Waals surface area contributed by atoms with Crippen LogP contribution in [-0.4, -0.2) is 22.5 Å². The molecule has 0 aliphatic carbocycles. The van der Waals surface area contributed by atoms with Crippen LogP contribution < -0.4 is 0 Å². The molecular weight excluding hydrogens is 274 g/mol. The fourth-order valence-corrected chi connectivity index (χ4v) is 2.66. The molecular formula is C16H14ClNO2. The Hall–Kier alpha value is -1.84. The standard InChI is InChI=1S/C16H14ClNO2/c1-9(16(20)8-19)10-2-4-12-13-7-11(17)3-5-14(13)18-15(12)6-10/h2-7,9,18-19H,8H2,1H3. The largest absolute Gasteiger partial charge is 0.389 e. The third-order valence-electron chi connectivity index (χ3n) is 3.72. The molecule has 1 aromatic heterocycles. The van der Waals surface area contributed by atoms with Gasteiger partial charge in [0.15, 0.2) is 5.78 Å². The van der Waals surface area contributed by atoms with Crippen molar-refractivity contribution < 1.29 is 9.90 Å². The molecule has 3 aromatic rings. The van der Waals surface area contributed by atoms with E-state index in [2.05, 4.69) is 4.98 Å². The van der Waals surface area contributed by atoms with E-state index in [9.17, 15) is 4.79 Å². The fraction of sp³-hybridized carbons (Fsp3) is 0.188. The number of hydrogen-bond donors (Lipinski definition) is 2. The first-order valence-corrected chi connectivity index (χ1v) is 6.82. The first kappa shape index (κ1) is 13.2. The molecule has 3 rings (SSSR count). The maximum absolute atomic E-state index is 11.6. The lowest BCUT2D eigenvalue weighted by atomic mass is 9.96. The van der Waals surface area contributed by atoms with Crippen molar-refractivity contribution in [1.29, 1.82) is 0 Å². The number of fused-ring (bicyclic) bond motifs is 3. The van der Waals surface area contributed by atoms with E-state index in [1.165, 1.54) is 0 Å². The average molecular weight is 288 g/mol. The van der Waals surface area contributed by atoms with Crippen molar-refractivity contribution in [3.63, 3.8) is 0 Å². The third kappa shape index (κ3) is 2.09. The van der Waals surface area contributed by atoms with Gasteiger partial charge in [0.05, 0.1) is 0 Å². The molecule has 0 aliphatic heterocycles. The molecule has 0 saturated carbocycles. The van der Waals surface area contributed by atoms with Crippen molar-refractivity contribution in [3.8, 4) is 0 Å². The normalized spacial score (nSPS) is 12.9. The van der Waals surface area contributed by atoms with Crippen LogP contribution in [0.4, 0.5) is 0 Å². The van der Waals surface area contributed by atoms with Crippen molar-refractivity contribution in [1.82, 2.24) is 4.98 Å². The van der Waals surface area contributed by atoms with Crippen LogP contribution in [0, 0.1) is 0 Å². The number of Topliss-reactive ketones (excluding diaryl/α,β-unsaturated/α-hetero) is 1. The molecule has 20 heavy (non-hydrogen) atoms. The second-order valence-electron chi connectivity index (χ2n) is 4.97. The lowest BCUT2D eigenvalue weighted by Gasteiger charge is -2.09. The van der Waals surface area contributed by atoms with Crippen molar-refractivity contribution in [2.75, 3.05) is 6.61 Å². The van der Waals surface area contributed by atoms with Crippen LogP contribution in [0.1, 0.15) is 18.4 Å². The van der Waals surface area contributed by atoms with Gasteiger partial charge in [0.1, 0.15) is 6.61 Å². The van der Waals surface area contributed by atoms with Gasteiger partial charge in [-0.1, -0.05) is 30.7 Å². The van der Waals surface area contributed by atoms with Gasteiger partial charge in [0.2, 0.25) is 0 Å². The number of aliphatic hydroxyl groups excluding tert-OH is 1. The van der Waals surface area contributed by atoms with Gasteiger partial charge in [0.25, 0.3) is 0 Å². The van der Waals surface area contributed by atoms with E-state index < -0.39 is 6.61 Å². The van der Waals surface area contributed by atoms with E-state index in [1.807, 2.05) is 36.4 Å². The Morgan fingerprint density at radius 1 is 1.20 bits per heavy atom. The van der Waals surface area contributed by atoms with E-state index in [0.29, 0.717) is 5.02 Å². The summed E-state index contributed by atoms with van der Waals surface area (Å²) in [5.41, 5.74) is 2.88. The Labute approximate surface area is 121 Å². The summed E-state index contributed by atoms with van der Waals surface area (Å²) < 4.78 is 0. The summed E-state index contributed by atoms with van der Waals surface area (Å²) in [5, 5.41) is 11.8. The Morgan fingerprint density at radius 3 is 2.75 bits per heavy atom. The van der Waals surface area contributed by atoms with Gasteiger partial charge < -0.3 is 10.1 Å². The van der Waals surface area contributed by atoms with E-state index in [0.717, 1.165) is 27.4 Å². The first-order chi connectivity index (χ1) is 9.60. The molecule has 1 unspecified atom stereocenters. The first-order valence-electron chi connectivity index (χ1n) is 6.44. The monoisotopic (exact) mass is 287 g/mol. The number of H-pyrrole nitrogens is 1. The fourth-order valence-electron chi connectivity index (χ4n) is 2.49. The number of ketones is 1. The Bertz CT molecular complexity index is 807. The molecule has 4 heteroatoms. The second-order valence-corrected chi connectivity index (χ2v) is 5.40. The average Bonchev–Trinajstić information content (AvgIpc) is 2.82. The predicted molar refractivity (Wildman–Crippen MR) is 81.3 cm³/mol. The van der Waals surface area contributed by atoms with Gasteiger partial charge in [-0.2, -0.15) is 0 Å². The molecule has 1 atom stereocenters. The zero-order chi connectivity index (χ0) is 14.3. The minimum absolute atomic E-state index is 0.177. The number of nitrogens with one attached hydrogen (secondary N) is 1. The van der Waals surface area contributed by atoms with Crippen LogP contribution in [0.15, 0.2) is 36.4 Å². The maximum Gasteiger partial charge on any atom is 0.165 e. The summed E-state index contributed by atoms with van der Waals surface area (Å²) in [7, 11) is 0. The summed E-state index contributed by atoms with van der Waals surface area (Å²) in [6.45, 7) is 1.38. The highest BCUT2D eigenvalue weighted by atomic mass is 35.5. The van der Waals surface area contributed by atoms with Gasteiger partial charge >= 0.3 is 0 Å². The Morgan fingerprint density at radius 2 is 2.00 bits per heavy atom. The van der Waals surface area contributed by atoms with Crippen molar-refractivity contribution >= 4 is 39.2 Å². The minimum Gasteiger partial charge on any atom is -0.389 e. The highest BCUT2D eigenvalue weighted by molar-refractivity contribution is 6.31. The number of aliphatic hydroxyl groups is 1. The number of carbonyl (C=O) groups excluding carboxylic acids is 1. The highest BCUT2D eigenvalue weighted by Gasteiger charge is 2.15. The number of carbonyl (C=O) groups is 1. The molecule has 0 spiro atoms. The van der Waals surface area contributed by atoms with Gasteiger partial charge in [-0.3, -0.25) is 4.79 Å². The Kier molecular flexibility index (Phi) is 3.24. The van der Waals surface area contributed by atoms with Crippen LogP contribution in [0.5, 0.6) is 0 Å². The lowest BCUT2D eigenvalue weighted by Crippen LogP contribution is -2.12. The predicted octanol–water partition coefficient (Wildman–Crippen LogP) is 3.64. The number of aromatic amines is 1. The lowest BCUT2D eigenvalue weighted by molar-refractivity contribution is -0.122. The van der Waals surface area contributed by atoms with Crippen molar-refractivity contribution in [3.05, 3.63) is 47.0 Å². The minimum atomic E-state index is -0.429. The molecule has 0 aliphatic rings. The van der Waals surface area contributed by atoms with Gasteiger partial charge in [0, 0.05) is 32.7 Å². The van der Waals surface area contributed by atoms with Crippen LogP contribution in [0.3, 0.4) is 0 Å². The quantitative estimate of drug-likeness (QED) is 0.773. The molecule has 2 aromatic carbocycles. The number of hydrogen-bond acceptors (Lipinski definition) is 2. The smallest absolute Gasteiger partial charge is 0.165 e. The van der Waals surface area contributed by atoms with Crippen LogP contribution in [-0.2, 0) is 4.79 Å². The van der Waals surface area contributed by atoms with Gasteiger partial charge in [-0.15, -0.1) is 0 Å². The van der Waals surface area contributed by atoms with E-state index in [4.69, 9.17) is 16.7 Å². The molecule has 0 fully saturated rings. The molecule has 102 valence electrons. The highest BCUT2D eigenvalue weighted by Crippen LogP contribution is 2.30. The summed E-state index contributed by atoms with van der Waals surface area (Å²) in [6.07, 6.45) is 0. The molecule has 0 bridgehead atoms.